The predicted octanol–water partition coefficient (Wildman–Crippen LogP) is 5.12. The lowest BCUT2D eigenvalue weighted by Gasteiger charge is -2.47. The Balaban J connectivity index is 2.62. The van der Waals surface area contributed by atoms with Crippen LogP contribution in [0.15, 0.2) is 0 Å². The Bertz CT molecular complexity index is 319. The first kappa shape index (κ1) is 19.0. The molecule has 1 rings (SSSR count). The third kappa shape index (κ3) is 5.25. The highest BCUT2D eigenvalue weighted by Crippen LogP contribution is 2.40. The standard InChI is InChI=1S/C19H39NO/c1-17(2,3)15-10-12-16(13-11-15)20(8)18(4,5)14-19(6,7)21-9/h15-16H,10-14H2,1-9H3. The molecule has 0 saturated heterocycles. The normalized spacial score (nSPS) is 25.4. The third-order valence-electron chi connectivity index (χ3n) is 5.83. The minimum Gasteiger partial charge on any atom is -0.379 e. The van der Waals surface area contributed by atoms with E-state index in [1.807, 2.05) is 7.11 Å². The molecule has 0 bridgehead atoms. The average Bonchev–Trinajstić information content (AvgIpc) is 2.36. The zero-order chi connectivity index (χ0) is 16.5. The van der Waals surface area contributed by atoms with Crippen LogP contribution in [0.1, 0.15) is 80.6 Å². The van der Waals surface area contributed by atoms with Crippen molar-refractivity contribution < 1.29 is 4.74 Å². The van der Waals surface area contributed by atoms with Crippen molar-refractivity contribution in [3.63, 3.8) is 0 Å². The topological polar surface area (TPSA) is 12.5 Å². The fourth-order valence-corrected chi connectivity index (χ4v) is 4.06. The van der Waals surface area contributed by atoms with Crippen molar-refractivity contribution in [2.24, 2.45) is 11.3 Å². The summed E-state index contributed by atoms with van der Waals surface area (Å²) in [5, 5.41) is 0. The predicted molar refractivity (Wildman–Crippen MR) is 92.7 cm³/mol. The lowest BCUT2D eigenvalue weighted by molar-refractivity contribution is -0.0416. The number of hydrogen-bond donors (Lipinski definition) is 0. The number of hydrogen-bond acceptors (Lipinski definition) is 2. The minimum atomic E-state index is -0.0552. The van der Waals surface area contributed by atoms with Crippen molar-refractivity contribution in [1.82, 2.24) is 4.90 Å². The quantitative estimate of drug-likeness (QED) is 0.698. The summed E-state index contributed by atoms with van der Waals surface area (Å²) in [5.74, 6) is 0.890. The molecule has 2 heteroatoms. The van der Waals surface area contributed by atoms with Gasteiger partial charge in [-0.05, 0) is 78.2 Å². The lowest BCUT2D eigenvalue weighted by atomic mass is 9.70. The van der Waals surface area contributed by atoms with Crippen LogP contribution in [0.25, 0.3) is 0 Å². The Hall–Kier alpha value is -0.0800. The molecule has 21 heavy (non-hydrogen) atoms. The zero-order valence-electron chi connectivity index (χ0n) is 16.0. The van der Waals surface area contributed by atoms with Gasteiger partial charge in [-0.1, -0.05) is 20.8 Å². The van der Waals surface area contributed by atoms with E-state index in [1.165, 1.54) is 25.7 Å². The van der Waals surface area contributed by atoms with E-state index in [4.69, 9.17) is 4.74 Å². The van der Waals surface area contributed by atoms with Crippen LogP contribution in [0.3, 0.4) is 0 Å². The number of nitrogens with zero attached hydrogens (tertiary/aromatic N) is 1. The van der Waals surface area contributed by atoms with Crippen LogP contribution < -0.4 is 0 Å². The molecule has 0 aliphatic heterocycles. The highest BCUT2D eigenvalue weighted by molar-refractivity contribution is 4.92. The van der Waals surface area contributed by atoms with Gasteiger partial charge in [-0.3, -0.25) is 4.90 Å². The fourth-order valence-electron chi connectivity index (χ4n) is 4.06. The van der Waals surface area contributed by atoms with Crippen LogP contribution in [-0.4, -0.2) is 36.2 Å². The van der Waals surface area contributed by atoms with Gasteiger partial charge in [0.25, 0.3) is 0 Å². The van der Waals surface area contributed by atoms with E-state index in [0.717, 1.165) is 18.4 Å². The molecule has 0 unspecified atom stereocenters. The van der Waals surface area contributed by atoms with Crippen molar-refractivity contribution in [3.05, 3.63) is 0 Å². The Morgan fingerprint density at radius 2 is 1.38 bits per heavy atom. The van der Waals surface area contributed by atoms with Gasteiger partial charge >= 0.3 is 0 Å². The molecule has 1 fully saturated rings. The van der Waals surface area contributed by atoms with E-state index in [2.05, 4.69) is 60.4 Å². The van der Waals surface area contributed by atoms with Crippen molar-refractivity contribution in [1.29, 1.82) is 0 Å². The third-order valence-corrected chi connectivity index (χ3v) is 5.83. The van der Waals surface area contributed by atoms with Gasteiger partial charge in [0.2, 0.25) is 0 Å². The summed E-state index contributed by atoms with van der Waals surface area (Å²) < 4.78 is 5.65. The Labute approximate surface area is 133 Å². The van der Waals surface area contributed by atoms with Crippen LogP contribution in [0, 0.1) is 11.3 Å². The van der Waals surface area contributed by atoms with E-state index in [-0.39, 0.29) is 11.1 Å². The lowest BCUT2D eigenvalue weighted by Crippen LogP contribution is -2.52. The second-order valence-corrected chi connectivity index (χ2v) is 9.44. The van der Waals surface area contributed by atoms with Gasteiger partial charge in [0.15, 0.2) is 0 Å². The van der Waals surface area contributed by atoms with Crippen LogP contribution in [0.2, 0.25) is 0 Å². The molecule has 0 spiro atoms. The maximum absolute atomic E-state index is 5.65. The zero-order valence-corrected chi connectivity index (χ0v) is 16.0. The van der Waals surface area contributed by atoms with E-state index < -0.39 is 0 Å². The van der Waals surface area contributed by atoms with Gasteiger partial charge in [0, 0.05) is 18.7 Å². The summed E-state index contributed by atoms with van der Waals surface area (Å²) in [6.45, 7) is 16.3. The molecular weight excluding hydrogens is 258 g/mol. The molecule has 0 aromatic heterocycles. The van der Waals surface area contributed by atoms with Crippen molar-refractivity contribution in [2.45, 2.75) is 97.8 Å². The molecule has 1 aliphatic carbocycles. The minimum absolute atomic E-state index is 0.0552. The second kappa shape index (κ2) is 6.58. The van der Waals surface area contributed by atoms with Crippen molar-refractivity contribution >= 4 is 0 Å². The maximum Gasteiger partial charge on any atom is 0.0640 e. The smallest absolute Gasteiger partial charge is 0.0640 e. The van der Waals surface area contributed by atoms with Gasteiger partial charge in [-0.2, -0.15) is 0 Å². The molecule has 1 aliphatic rings. The van der Waals surface area contributed by atoms with E-state index in [1.54, 1.807) is 0 Å². The first-order valence-electron chi connectivity index (χ1n) is 8.67. The van der Waals surface area contributed by atoms with Crippen LogP contribution in [0.4, 0.5) is 0 Å². The van der Waals surface area contributed by atoms with E-state index in [9.17, 15) is 0 Å². The molecule has 0 radical (unpaired) electrons. The SMILES string of the molecule is COC(C)(C)CC(C)(C)N(C)C1CCC(C(C)(C)C)CC1. The van der Waals surface area contributed by atoms with Crippen LogP contribution >= 0.6 is 0 Å². The summed E-state index contributed by atoms with van der Waals surface area (Å²) in [4.78, 5) is 2.62. The van der Waals surface area contributed by atoms with E-state index >= 15 is 0 Å². The summed E-state index contributed by atoms with van der Waals surface area (Å²) in [6.07, 6.45) is 6.50. The molecule has 0 N–H and O–H groups in total. The molecule has 0 aromatic rings. The van der Waals surface area contributed by atoms with Gasteiger partial charge < -0.3 is 4.74 Å². The van der Waals surface area contributed by atoms with Crippen molar-refractivity contribution in [2.75, 3.05) is 14.2 Å². The molecule has 0 atom stereocenters. The van der Waals surface area contributed by atoms with Crippen molar-refractivity contribution in [3.8, 4) is 0 Å². The van der Waals surface area contributed by atoms with Gasteiger partial charge in [-0.15, -0.1) is 0 Å². The molecule has 2 nitrogen and oxygen atoms in total. The number of methoxy groups -OCH3 is 1. The monoisotopic (exact) mass is 297 g/mol. The van der Waals surface area contributed by atoms with Gasteiger partial charge in [-0.25, -0.2) is 0 Å². The molecule has 0 amide bonds. The number of ether oxygens (including phenoxy) is 1. The summed E-state index contributed by atoms with van der Waals surface area (Å²) in [7, 11) is 4.14. The highest BCUT2D eigenvalue weighted by Gasteiger charge is 2.38. The first-order chi connectivity index (χ1) is 9.39. The first-order valence-corrected chi connectivity index (χ1v) is 8.67. The summed E-state index contributed by atoms with van der Waals surface area (Å²) in [6, 6.07) is 0.728. The fraction of sp³-hybridized carbons (Fsp3) is 1.00. The number of rotatable bonds is 5. The molecule has 126 valence electrons. The highest BCUT2D eigenvalue weighted by atomic mass is 16.5. The van der Waals surface area contributed by atoms with Gasteiger partial charge in [0.05, 0.1) is 5.60 Å². The average molecular weight is 298 g/mol. The van der Waals surface area contributed by atoms with Gasteiger partial charge in [0.1, 0.15) is 0 Å². The molecular formula is C19H39NO. The summed E-state index contributed by atoms with van der Waals surface area (Å²) in [5.41, 5.74) is 0.593. The second-order valence-electron chi connectivity index (χ2n) is 9.44. The Morgan fingerprint density at radius 1 is 0.905 bits per heavy atom. The molecule has 0 heterocycles. The largest absolute Gasteiger partial charge is 0.379 e. The van der Waals surface area contributed by atoms with Crippen LogP contribution in [-0.2, 0) is 4.74 Å². The molecule has 0 aromatic carbocycles. The van der Waals surface area contributed by atoms with E-state index in [0.29, 0.717) is 5.41 Å². The van der Waals surface area contributed by atoms with Crippen LogP contribution in [0.5, 0.6) is 0 Å². The summed E-state index contributed by atoms with van der Waals surface area (Å²) >= 11 is 0. The Morgan fingerprint density at radius 3 is 1.76 bits per heavy atom. The molecule has 1 saturated carbocycles. The maximum atomic E-state index is 5.65. The Kier molecular flexibility index (Phi) is 5.94.